The molecule has 0 unspecified atom stereocenters. The summed E-state index contributed by atoms with van der Waals surface area (Å²) in [4.78, 5) is 24.4. The lowest BCUT2D eigenvalue weighted by Crippen LogP contribution is -2.40. The molecule has 5 nitrogen and oxygen atoms in total. The number of hydrogen-bond acceptors (Lipinski definition) is 4. The zero-order valence-corrected chi connectivity index (χ0v) is 17.7. The summed E-state index contributed by atoms with van der Waals surface area (Å²) in [6.07, 6.45) is 7.69. The first-order valence-corrected chi connectivity index (χ1v) is 11.5. The van der Waals surface area contributed by atoms with Crippen molar-refractivity contribution >= 4 is 17.2 Å². The van der Waals surface area contributed by atoms with E-state index in [1.54, 1.807) is 0 Å². The summed E-state index contributed by atoms with van der Waals surface area (Å²) in [6.45, 7) is 8.98. The maximum Gasteiger partial charge on any atom is 0.230 e. The molecule has 1 aliphatic carbocycles. The molecule has 2 aromatic heterocycles. The second kappa shape index (κ2) is 6.99. The van der Waals surface area contributed by atoms with Gasteiger partial charge in [-0.15, -0.1) is 11.3 Å². The Kier molecular flexibility index (Phi) is 4.59. The number of rotatable bonds is 6. The Morgan fingerprint density at radius 2 is 2.21 bits per heavy atom. The summed E-state index contributed by atoms with van der Waals surface area (Å²) in [5.41, 5.74) is 0.812. The first kappa shape index (κ1) is 18.4. The molecule has 1 amide bonds. The number of aromatic nitrogens is 2. The van der Waals surface area contributed by atoms with Crippen LogP contribution in [-0.4, -0.2) is 51.4 Å². The second-order valence-electron chi connectivity index (χ2n) is 9.24. The highest BCUT2D eigenvalue weighted by Crippen LogP contribution is 2.50. The minimum atomic E-state index is -0.289. The molecule has 6 heteroatoms. The summed E-state index contributed by atoms with van der Waals surface area (Å²) in [6, 6.07) is 4.71. The van der Waals surface area contributed by atoms with Crippen LogP contribution in [-0.2, 0) is 11.3 Å². The van der Waals surface area contributed by atoms with E-state index in [0.29, 0.717) is 11.9 Å². The van der Waals surface area contributed by atoms with Crippen LogP contribution >= 0.6 is 11.3 Å². The van der Waals surface area contributed by atoms with Crippen molar-refractivity contribution in [2.45, 2.75) is 51.6 Å². The van der Waals surface area contributed by atoms with Crippen molar-refractivity contribution in [3.05, 3.63) is 40.6 Å². The molecule has 28 heavy (non-hydrogen) atoms. The van der Waals surface area contributed by atoms with Crippen LogP contribution in [0.5, 0.6) is 0 Å². The van der Waals surface area contributed by atoms with Crippen LogP contribution in [0.4, 0.5) is 0 Å². The van der Waals surface area contributed by atoms with Gasteiger partial charge in [-0.25, -0.2) is 4.98 Å². The Labute approximate surface area is 171 Å². The van der Waals surface area contributed by atoms with Gasteiger partial charge in [-0.1, -0.05) is 6.07 Å². The van der Waals surface area contributed by atoms with Crippen LogP contribution in [0.1, 0.15) is 55.6 Å². The fourth-order valence-corrected chi connectivity index (χ4v) is 5.80. The molecule has 3 aliphatic rings. The lowest BCUT2D eigenvalue weighted by Gasteiger charge is -2.28. The van der Waals surface area contributed by atoms with Crippen LogP contribution in [0.15, 0.2) is 30.0 Å². The van der Waals surface area contributed by atoms with Gasteiger partial charge in [0.15, 0.2) is 0 Å². The SMILES string of the molecule is CC(C)n1cnc([C@@H]2CN(Cc3cccs3)C[C@]23CCN(CC2CC2)C3=O)c1. The van der Waals surface area contributed by atoms with Crippen LogP contribution in [0.25, 0.3) is 0 Å². The van der Waals surface area contributed by atoms with Gasteiger partial charge in [0, 0.05) is 55.8 Å². The number of carbonyl (C=O) groups excluding carboxylic acids is 1. The van der Waals surface area contributed by atoms with Crippen molar-refractivity contribution in [2.75, 3.05) is 26.2 Å². The van der Waals surface area contributed by atoms with E-state index in [2.05, 4.69) is 51.9 Å². The number of imidazole rings is 1. The van der Waals surface area contributed by atoms with Crippen molar-refractivity contribution < 1.29 is 4.79 Å². The molecular weight excluding hydrogens is 368 g/mol. The second-order valence-corrected chi connectivity index (χ2v) is 10.3. The van der Waals surface area contributed by atoms with Gasteiger partial charge in [0.25, 0.3) is 0 Å². The number of hydrogen-bond donors (Lipinski definition) is 0. The Hall–Kier alpha value is -1.66. The normalized spacial score (nSPS) is 28.3. The number of amides is 1. The van der Waals surface area contributed by atoms with Crippen molar-refractivity contribution in [2.24, 2.45) is 11.3 Å². The minimum Gasteiger partial charge on any atom is -0.342 e. The first-order chi connectivity index (χ1) is 13.5. The molecule has 0 aromatic carbocycles. The molecule has 3 fully saturated rings. The highest BCUT2D eigenvalue weighted by atomic mass is 32.1. The number of likely N-dealkylation sites (tertiary alicyclic amines) is 2. The smallest absolute Gasteiger partial charge is 0.230 e. The maximum atomic E-state index is 13.6. The summed E-state index contributed by atoms with van der Waals surface area (Å²) in [5, 5.41) is 2.14. The largest absolute Gasteiger partial charge is 0.342 e. The van der Waals surface area contributed by atoms with Gasteiger partial charge in [0.05, 0.1) is 17.4 Å². The number of carbonyl (C=O) groups is 1. The molecule has 0 bridgehead atoms. The summed E-state index contributed by atoms with van der Waals surface area (Å²) in [7, 11) is 0. The summed E-state index contributed by atoms with van der Waals surface area (Å²) < 4.78 is 2.17. The predicted molar refractivity (Wildman–Crippen MR) is 111 cm³/mol. The van der Waals surface area contributed by atoms with Gasteiger partial charge < -0.3 is 9.47 Å². The van der Waals surface area contributed by atoms with E-state index in [-0.39, 0.29) is 11.3 Å². The molecule has 2 aliphatic heterocycles. The Morgan fingerprint density at radius 3 is 2.89 bits per heavy atom. The molecule has 0 radical (unpaired) electrons. The average Bonchev–Trinajstić information content (AvgIpc) is 3.09. The van der Waals surface area contributed by atoms with Crippen molar-refractivity contribution in [1.29, 1.82) is 0 Å². The van der Waals surface area contributed by atoms with Crippen molar-refractivity contribution in [3.63, 3.8) is 0 Å². The third-order valence-corrected chi connectivity index (χ3v) is 7.73. The highest BCUT2D eigenvalue weighted by molar-refractivity contribution is 7.09. The molecule has 1 spiro atoms. The first-order valence-electron chi connectivity index (χ1n) is 10.6. The molecule has 0 N–H and O–H groups in total. The van der Waals surface area contributed by atoms with Crippen LogP contribution in [0.3, 0.4) is 0 Å². The average molecular weight is 399 g/mol. The van der Waals surface area contributed by atoms with Gasteiger partial charge in [0.1, 0.15) is 0 Å². The van der Waals surface area contributed by atoms with Crippen LogP contribution in [0.2, 0.25) is 0 Å². The number of nitrogens with zero attached hydrogens (tertiary/aromatic N) is 4. The fourth-order valence-electron chi connectivity index (χ4n) is 5.06. The predicted octanol–water partition coefficient (Wildman–Crippen LogP) is 3.75. The topological polar surface area (TPSA) is 41.4 Å². The number of thiophene rings is 1. The van der Waals surface area contributed by atoms with Gasteiger partial charge in [0.2, 0.25) is 5.91 Å². The quantitative estimate of drug-likeness (QED) is 0.744. The molecule has 2 aromatic rings. The lowest BCUT2D eigenvalue weighted by atomic mass is 9.75. The fraction of sp³-hybridized carbons (Fsp3) is 0.636. The van der Waals surface area contributed by atoms with E-state index >= 15 is 0 Å². The third kappa shape index (κ3) is 3.20. The van der Waals surface area contributed by atoms with Crippen molar-refractivity contribution in [3.8, 4) is 0 Å². The zero-order valence-electron chi connectivity index (χ0n) is 16.9. The van der Waals surface area contributed by atoms with E-state index < -0.39 is 0 Å². The molecule has 2 atom stereocenters. The highest BCUT2D eigenvalue weighted by Gasteiger charge is 2.58. The van der Waals surface area contributed by atoms with Gasteiger partial charge in [-0.3, -0.25) is 9.69 Å². The standard InChI is InChI=1S/C22H30N4OS/c1-16(2)26-13-20(23-15-26)19-12-24(11-18-4-3-9-28-18)14-22(19)7-8-25(21(22)27)10-17-5-6-17/h3-4,9,13,15-17,19H,5-8,10-12,14H2,1-2H3/t19-,22+/m0/s1. The molecule has 2 saturated heterocycles. The van der Waals surface area contributed by atoms with E-state index in [1.807, 2.05) is 17.7 Å². The molecule has 150 valence electrons. The third-order valence-electron chi connectivity index (χ3n) is 6.86. The maximum absolute atomic E-state index is 13.6. The van der Waals surface area contributed by atoms with Gasteiger partial charge in [-0.2, -0.15) is 0 Å². The zero-order chi connectivity index (χ0) is 19.3. The Bertz CT molecular complexity index is 841. The molecule has 1 saturated carbocycles. The van der Waals surface area contributed by atoms with Crippen LogP contribution < -0.4 is 0 Å². The lowest BCUT2D eigenvalue weighted by molar-refractivity contribution is -0.136. The van der Waals surface area contributed by atoms with E-state index in [1.165, 1.54) is 17.7 Å². The minimum absolute atomic E-state index is 0.198. The summed E-state index contributed by atoms with van der Waals surface area (Å²) in [5.74, 6) is 1.34. The van der Waals surface area contributed by atoms with E-state index in [4.69, 9.17) is 4.98 Å². The molecular formula is C22H30N4OS. The Balaban J connectivity index is 1.43. The van der Waals surface area contributed by atoms with Crippen LogP contribution in [0, 0.1) is 11.3 Å². The summed E-state index contributed by atoms with van der Waals surface area (Å²) >= 11 is 1.81. The Morgan fingerprint density at radius 1 is 1.36 bits per heavy atom. The van der Waals surface area contributed by atoms with Crippen molar-refractivity contribution in [1.82, 2.24) is 19.4 Å². The monoisotopic (exact) mass is 398 g/mol. The molecule has 4 heterocycles. The molecule has 5 rings (SSSR count). The van der Waals surface area contributed by atoms with Gasteiger partial charge in [-0.05, 0) is 50.5 Å². The van der Waals surface area contributed by atoms with E-state index in [0.717, 1.165) is 50.8 Å². The van der Waals surface area contributed by atoms with E-state index in [9.17, 15) is 4.79 Å². The van der Waals surface area contributed by atoms with Gasteiger partial charge >= 0.3 is 0 Å².